The number of piperidine rings is 1. The maximum atomic E-state index is 8.53. The average molecular weight is 696 g/mol. The van der Waals surface area contributed by atoms with Gasteiger partial charge in [-0.1, -0.05) is 53.5 Å². The summed E-state index contributed by atoms with van der Waals surface area (Å²) in [4.78, 5) is 0. The van der Waals surface area contributed by atoms with Crippen molar-refractivity contribution in [2.75, 3.05) is 13.1 Å². The second-order valence-electron chi connectivity index (χ2n) is 7.10. The van der Waals surface area contributed by atoms with Crippen LogP contribution in [-0.4, -0.2) is 64.1 Å². The second kappa shape index (κ2) is 25.9. The molecular weight excluding hydrogens is 664 g/mol. The molecular formula is C20H32Cl4Mn2N10O2-2. The van der Waals surface area contributed by atoms with Gasteiger partial charge in [-0.25, -0.2) is 0 Å². The number of hydrogen-bond acceptors (Lipinski definition) is 8. The summed E-state index contributed by atoms with van der Waals surface area (Å²) in [6, 6.07) is -0.00308. The quantitative estimate of drug-likeness (QED) is 0.0918. The second-order valence-corrected chi connectivity index (χ2v) is 11.0. The Hall–Kier alpha value is -1.34. The van der Waals surface area contributed by atoms with Crippen LogP contribution in [0.1, 0.15) is 47.0 Å². The molecule has 0 aromatic heterocycles. The molecule has 2 aliphatic heterocycles. The van der Waals surface area contributed by atoms with Crippen LogP contribution in [-0.2, 0) is 26.3 Å². The van der Waals surface area contributed by atoms with Crippen molar-refractivity contribution in [2.24, 2.45) is 42.2 Å². The summed E-state index contributed by atoms with van der Waals surface area (Å²) in [5.74, 6) is 0.680. The molecule has 0 saturated carbocycles. The van der Waals surface area contributed by atoms with Gasteiger partial charge < -0.3 is 32.5 Å². The van der Waals surface area contributed by atoms with Gasteiger partial charge >= 0.3 is 66.7 Å². The van der Waals surface area contributed by atoms with Crippen LogP contribution in [0.2, 0.25) is 0 Å². The van der Waals surface area contributed by atoms with Crippen LogP contribution >= 0.6 is 40.4 Å². The van der Waals surface area contributed by atoms with Crippen molar-refractivity contribution < 1.29 is 36.7 Å². The van der Waals surface area contributed by atoms with Crippen molar-refractivity contribution in [3.63, 3.8) is 0 Å². The molecule has 0 aromatic rings. The van der Waals surface area contributed by atoms with Gasteiger partial charge in [0.15, 0.2) is 0 Å². The summed E-state index contributed by atoms with van der Waals surface area (Å²) >= 11 is 0.0139. The third-order valence-electron chi connectivity index (χ3n) is 4.57. The van der Waals surface area contributed by atoms with Gasteiger partial charge in [-0.2, -0.15) is 10.2 Å². The Morgan fingerprint density at radius 1 is 0.868 bits per heavy atom. The van der Waals surface area contributed by atoms with Crippen LogP contribution < -0.4 is 11.5 Å². The van der Waals surface area contributed by atoms with E-state index in [1.54, 1.807) is 33.8 Å². The van der Waals surface area contributed by atoms with Gasteiger partial charge in [0.1, 0.15) is 11.7 Å². The molecule has 0 aromatic carbocycles. The first-order chi connectivity index (χ1) is 18.1. The first-order valence-corrected chi connectivity index (χ1v) is 17.2. The van der Waals surface area contributed by atoms with E-state index in [9.17, 15) is 0 Å². The molecule has 0 aliphatic carbocycles. The number of nitrogens with two attached hydrogens (primary N) is 2. The normalized spacial score (nSPS) is 18.9. The van der Waals surface area contributed by atoms with Crippen molar-refractivity contribution in [1.82, 2.24) is 0 Å². The summed E-state index contributed by atoms with van der Waals surface area (Å²) in [6.07, 6.45) is 8.74. The summed E-state index contributed by atoms with van der Waals surface area (Å²) in [5, 5.41) is 47.0. The van der Waals surface area contributed by atoms with Gasteiger partial charge in [0.25, 0.3) is 0 Å². The fourth-order valence-corrected chi connectivity index (χ4v) is 2.29. The molecule has 18 heteroatoms. The Morgan fingerprint density at radius 3 is 1.82 bits per heavy atom. The molecule has 0 amide bonds. The molecule has 2 rings (SSSR count). The Kier molecular flexibility index (Phi) is 26.5. The number of allylic oxidation sites excluding steroid dienone is 2. The van der Waals surface area contributed by atoms with Crippen molar-refractivity contribution in [1.29, 1.82) is 0 Å². The van der Waals surface area contributed by atoms with Gasteiger partial charge in [0.05, 0.1) is 22.8 Å². The van der Waals surface area contributed by atoms with E-state index in [1.165, 1.54) is 0 Å². The Labute approximate surface area is 253 Å². The van der Waals surface area contributed by atoms with Crippen LogP contribution in [0.4, 0.5) is 0 Å². The minimum absolute atomic E-state index is 0.00308. The number of hydrogen-bond donors (Lipinski definition) is 4. The number of nitrogens with zero attached hydrogens (tertiary/aromatic N) is 8. The molecule has 1 unspecified atom stereocenters. The fraction of sp³-hybridized carbons (Fsp3) is 0.500. The molecule has 0 bridgehead atoms. The molecule has 6 N–H and O–H groups in total. The topological polar surface area (TPSA) is 195 Å². The molecule has 0 radical (unpaired) electrons. The van der Waals surface area contributed by atoms with E-state index in [-0.39, 0.29) is 38.1 Å². The standard InChI is InChI=1S/C10H18N5O.C10H14N5O.4ClH.2Mn/c2*1-7(8(2)15-16)13-14-10(11)9-5-3-4-6-12-9;;;;;;/h9,16H,3-6H2,1-2H3,(H2,11,14);3-5,16H,6H2,1-2H3,(H2,11,14);4*1H;;/q2*-1;;;;;2*+2/p-4. The third-order valence-corrected chi connectivity index (χ3v) is 4.57. The van der Waals surface area contributed by atoms with Crippen LogP contribution in [0.5, 0.6) is 0 Å². The number of rotatable bonds is 6. The van der Waals surface area contributed by atoms with E-state index in [2.05, 4.69) is 41.4 Å². The number of amidine groups is 2. The first kappa shape index (κ1) is 38.8. The Morgan fingerprint density at radius 2 is 1.39 bits per heavy atom. The van der Waals surface area contributed by atoms with E-state index < -0.39 is 0 Å². The molecule has 2 heterocycles. The predicted molar refractivity (Wildman–Crippen MR) is 154 cm³/mol. The van der Waals surface area contributed by atoms with E-state index in [0.29, 0.717) is 40.9 Å². The van der Waals surface area contributed by atoms with Crippen LogP contribution in [0.25, 0.3) is 10.6 Å². The zero-order chi connectivity index (χ0) is 29.3. The Balaban J connectivity index is 0. The van der Waals surface area contributed by atoms with Crippen molar-refractivity contribution in [3.8, 4) is 0 Å². The van der Waals surface area contributed by atoms with E-state index >= 15 is 0 Å². The van der Waals surface area contributed by atoms with Crippen molar-refractivity contribution >= 4 is 74.9 Å². The van der Waals surface area contributed by atoms with E-state index in [0.717, 1.165) is 25.8 Å². The summed E-state index contributed by atoms with van der Waals surface area (Å²) in [7, 11) is 19.2. The molecule has 12 nitrogen and oxygen atoms in total. The van der Waals surface area contributed by atoms with Gasteiger partial charge in [-0.3, -0.25) is 0 Å². The molecule has 1 atom stereocenters. The monoisotopic (exact) mass is 694 g/mol. The zero-order valence-electron chi connectivity index (χ0n) is 21.2. The number of oxime groups is 2. The van der Waals surface area contributed by atoms with Gasteiger partial charge in [0.2, 0.25) is 0 Å². The van der Waals surface area contributed by atoms with Crippen LogP contribution in [0, 0.1) is 0 Å². The van der Waals surface area contributed by atoms with Crippen LogP contribution in [0.3, 0.4) is 0 Å². The predicted octanol–water partition coefficient (Wildman–Crippen LogP) is 5.65. The zero-order valence-corrected chi connectivity index (χ0v) is 26.6. The first-order valence-electron chi connectivity index (χ1n) is 10.7. The third kappa shape index (κ3) is 19.7. The molecule has 2 aliphatic rings. The molecule has 0 spiro atoms. The SMILES string of the molecule is CC(=NO)C(C)=NN=C(N)C1=CC=CC[N-]1.CC(=NO)C(C)=NN=C(N)C1CCCC[N-]1.[Cl][Mn][Cl].[Cl][Mn][Cl]. The van der Waals surface area contributed by atoms with Crippen LogP contribution in [0.15, 0.2) is 54.6 Å². The molecule has 1 saturated heterocycles. The fourth-order valence-electron chi connectivity index (χ4n) is 2.29. The molecule has 218 valence electrons. The minimum atomic E-state index is -0.00308. The van der Waals surface area contributed by atoms with Gasteiger partial charge in [-0.05, 0) is 27.7 Å². The summed E-state index contributed by atoms with van der Waals surface area (Å²) < 4.78 is 0. The molecule has 38 heavy (non-hydrogen) atoms. The van der Waals surface area contributed by atoms with E-state index in [1.807, 2.05) is 12.2 Å². The average Bonchev–Trinajstić information content (AvgIpc) is 2.95. The number of halogens is 4. The van der Waals surface area contributed by atoms with Crippen molar-refractivity contribution in [2.45, 2.75) is 53.0 Å². The Bertz CT molecular complexity index is 917. The van der Waals surface area contributed by atoms with Gasteiger partial charge in [0, 0.05) is 0 Å². The molecule has 1 fully saturated rings. The summed E-state index contributed by atoms with van der Waals surface area (Å²) in [5.41, 5.74) is 13.9. The maximum absolute atomic E-state index is 8.53. The summed E-state index contributed by atoms with van der Waals surface area (Å²) in [6.45, 7) is 8.11. The van der Waals surface area contributed by atoms with E-state index in [4.69, 9.17) is 62.3 Å². The van der Waals surface area contributed by atoms with Crippen molar-refractivity contribution in [3.05, 3.63) is 34.6 Å². The van der Waals surface area contributed by atoms with Gasteiger partial charge in [-0.15, -0.1) is 29.4 Å².